The molecule has 1 heteroatoms. The van der Waals surface area contributed by atoms with E-state index < -0.39 is 0 Å². The summed E-state index contributed by atoms with van der Waals surface area (Å²) in [6.45, 7) is 4.48. The number of rotatable bonds is 2. The molecule has 1 nitrogen and oxygen atoms in total. The van der Waals surface area contributed by atoms with Crippen LogP contribution in [0.4, 0.5) is 0 Å². The fourth-order valence-corrected chi connectivity index (χ4v) is 3.08. The Balaban J connectivity index is 2.43. The summed E-state index contributed by atoms with van der Waals surface area (Å²) in [6, 6.07) is 6.72. The van der Waals surface area contributed by atoms with E-state index in [0.717, 1.165) is 0 Å². The summed E-state index contributed by atoms with van der Waals surface area (Å²) in [5.41, 5.74) is 4.65. The van der Waals surface area contributed by atoms with Crippen molar-refractivity contribution < 1.29 is 0 Å². The first-order valence-corrected chi connectivity index (χ1v) is 6.45. The maximum absolute atomic E-state index is 3.60. The maximum atomic E-state index is 3.60. The zero-order valence-corrected chi connectivity index (χ0v) is 10.8. The van der Waals surface area contributed by atoms with E-state index in [0.29, 0.717) is 0 Å². The van der Waals surface area contributed by atoms with Gasteiger partial charge in [-0.25, -0.2) is 0 Å². The fourth-order valence-electron chi connectivity index (χ4n) is 3.08. The molecule has 1 aromatic rings. The molecule has 1 saturated carbocycles. The van der Waals surface area contributed by atoms with Crippen LogP contribution in [-0.2, 0) is 5.54 Å². The van der Waals surface area contributed by atoms with Crippen molar-refractivity contribution in [2.45, 2.75) is 51.5 Å². The lowest BCUT2D eigenvalue weighted by Gasteiger charge is -2.39. The van der Waals surface area contributed by atoms with Crippen molar-refractivity contribution in [2.24, 2.45) is 0 Å². The second-order valence-electron chi connectivity index (χ2n) is 5.14. The lowest BCUT2D eigenvalue weighted by Crippen LogP contribution is -2.42. The van der Waals surface area contributed by atoms with Crippen LogP contribution in [0, 0.1) is 13.8 Å². The van der Waals surface area contributed by atoms with Gasteiger partial charge in [-0.3, -0.25) is 0 Å². The van der Waals surface area contributed by atoms with Gasteiger partial charge in [-0.1, -0.05) is 37.5 Å². The summed E-state index contributed by atoms with van der Waals surface area (Å²) in [7, 11) is 2.12. The van der Waals surface area contributed by atoms with Gasteiger partial charge in [0.25, 0.3) is 0 Å². The molecule has 1 fully saturated rings. The Bertz CT molecular complexity index is 362. The molecular weight excluding hydrogens is 194 g/mol. The van der Waals surface area contributed by atoms with E-state index in [1.54, 1.807) is 0 Å². The van der Waals surface area contributed by atoms with Crippen molar-refractivity contribution in [3.63, 3.8) is 0 Å². The molecule has 1 aromatic carbocycles. The quantitative estimate of drug-likeness (QED) is 0.797. The third-order valence-corrected chi connectivity index (χ3v) is 4.31. The number of hydrogen-bond acceptors (Lipinski definition) is 1. The highest BCUT2D eigenvalue weighted by atomic mass is 14.9. The van der Waals surface area contributed by atoms with Crippen LogP contribution in [0.25, 0.3) is 0 Å². The first-order valence-electron chi connectivity index (χ1n) is 6.45. The first kappa shape index (κ1) is 11.7. The van der Waals surface area contributed by atoms with Crippen molar-refractivity contribution in [3.05, 3.63) is 34.9 Å². The lowest BCUT2D eigenvalue weighted by molar-refractivity contribution is 0.249. The minimum atomic E-state index is 0.244. The van der Waals surface area contributed by atoms with Gasteiger partial charge in [0, 0.05) is 5.54 Å². The monoisotopic (exact) mass is 217 g/mol. The molecule has 0 unspecified atom stereocenters. The van der Waals surface area contributed by atoms with Crippen molar-refractivity contribution in [2.75, 3.05) is 7.05 Å². The Kier molecular flexibility index (Phi) is 3.34. The van der Waals surface area contributed by atoms with E-state index in [-0.39, 0.29) is 5.54 Å². The normalized spacial score (nSPS) is 19.7. The van der Waals surface area contributed by atoms with Crippen LogP contribution < -0.4 is 5.32 Å². The van der Waals surface area contributed by atoms with Crippen LogP contribution in [0.1, 0.15) is 48.8 Å². The van der Waals surface area contributed by atoms with Crippen LogP contribution in [0.5, 0.6) is 0 Å². The molecule has 88 valence electrons. The Morgan fingerprint density at radius 1 is 1.06 bits per heavy atom. The standard InChI is InChI=1S/C15H23N/c1-12-8-7-9-14(13(12)2)15(16-3)10-5-4-6-11-15/h7-9,16H,4-6,10-11H2,1-3H3. The second kappa shape index (κ2) is 4.58. The smallest absolute Gasteiger partial charge is 0.0434 e. The van der Waals surface area contributed by atoms with Gasteiger partial charge in [-0.05, 0) is 50.4 Å². The minimum Gasteiger partial charge on any atom is -0.310 e. The fraction of sp³-hybridized carbons (Fsp3) is 0.600. The molecule has 1 aliphatic rings. The summed E-state index contributed by atoms with van der Waals surface area (Å²) in [6.07, 6.45) is 6.68. The Labute approximate surface area is 99.3 Å². The topological polar surface area (TPSA) is 12.0 Å². The summed E-state index contributed by atoms with van der Waals surface area (Å²) in [5.74, 6) is 0. The zero-order chi connectivity index (χ0) is 11.6. The third kappa shape index (κ3) is 1.89. The van der Waals surface area contributed by atoms with Gasteiger partial charge >= 0.3 is 0 Å². The van der Waals surface area contributed by atoms with Crippen LogP contribution in [0.2, 0.25) is 0 Å². The molecule has 0 aromatic heterocycles. The largest absolute Gasteiger partial charge is 0.310 e. The van der Waals surface area contributed by atoms with Crippen molar-refractivity contribution in [1.82, 2.24) is 5.32 Å². The zero-order valence-electron chi connectivity index (χ0n) is 10.8. The molecule has 16 heavy (non-hydrogen) atoms. The second-order valence-corrected chi connectivity index (χ2v) is 5.14. The number of nitrogens with one attached hydrogen (secondary N) is 1. The SMILES string of the molecule is CNC1(c2cccc(C)c2C)CCCCC1. The number of aryl methyl sites for hydroxylation is 1. The lowest BCUT2D eigenvalue weighted by atomic mass is 9.74. The molecular formula is C15H23N. The van der Waals surface area contributed by atoms with E-state index in [2.05, 4.69) is 44.4 Å². The number of benzene rings is 1. The molecule has 2 rings (SSSR count). The molecule has 0 bridgehead atoms. The average Bonchev–Trinajstić information content (AvgIpc) is 2.33. The van der Waals surface area contributed by atoms with Crippen molar-refractivity contribution in [3.8, 4) is 0 Å². The summed E-state index contributed by atoms with van der Waals surface area (Å²) in [5, 5.41) is 3.60. The molecule has 0 spiro atoms. The van der Waals surface area contributed by atoms with Crippen LogP contribution >= 0.6 is 0 Å². The summed E-state index contributed by atoms with van der Waals surface area (Å²) in [4.78, 5) is 0. The van der Waals surface area contributed by atoms with Crippen LogP contribution in [0.3, 0.4) is 0 Å². The van der Waals surface area contributed by atoms with Gasteiger partial charge < -0.3 is 5.32 Å². The van der Waals surface area contributed by atoms with E-state index in [4.69, 9.17) is 0 Å². The van der Waals surface area contributed by atoms with E-state index >= 15 is 0 Å². The minimum absolute atomic E-state index is 0.244. The Morgan fingerprint density at radius 2 is 1.75 bits per heavy atom. The first-order chi connectivity index (χ1) is 7.69. The van der Waals surface area contributed by atoms with Crippen LogP contribution in [-0.4, -0.2) is 7.05 Å². The van der Waals surface area contributed by atoms with E-state index in [1.807, 2.05) is 0 Å². The summed E-state index contributed by atoms with van der Waals surface area (Å²) >= 11 is 0. The molecule has 1 N–H and O–H groups in total. The Morgan fingerprint density at radius 3 is 2.38 bits per heavy atom. The summed E-state index contributed by atoms with van der Waals surface area (Å²) < 4.78 is 0. The van der Waals surface area contributed by atoms with Crippen molar-refractivity contribution in [1.29, 1.82) is 0 Å². The molecule has 0 aliphatic heterocycles. The van der Waals surface area contributed by atoms with Gasteiger partial charge in [0.2, 0.25) is 0 Å². The third-order valence-electron chi connectivity index (χ3n) is 4.31. The van der Waals surface area contributed by atoms with Gasteiger partial charge in [-0.2, -0.15) is 0 Å². The van der Waals surface area contributed by atoms with Crippen molar-refractivity contribution >= 4 is 0 Å². The molecule has 0 heterocycles. The van der Waals surface area contributed by atoms with E-state index in [1.165, 1.54) is 48.8 Å². The maximum Gasteiger partial charge on any atom is 0.0434 e. The average molecular weight is 217 g/mol. The van der Waals surface area contributed by atoms with E-state index in [9.17, 15) is 0 Å². The highest BCUT2D eigenvalue weighted by Gasteiger charge is 2.33. The highest BCUT2D eigenvalue weighted by Crippen LogP contribution is 2.38. The highest BCUT2D eigenvalue weighted by molar-refractivity contribution is 5.38. The van der Waals surface area contributed by atoms with Crippen LogP contribution in [0.15, 0.2) is 18.2 Å². The van der Waals surface area contributed by atoms with Gasteiger partial charge in [0.05, 0.1) is 0 Å². The number of hydrogen-bond donors (Lipinski definition) is 1. The molecule has 0 radical (unpaired) electrons. The molecule has 1 aliphatic carbocycles. The van der Waals surface area contributed by atoms with Gasteiger partial charge in [0.1, 0.15) is 0 Å². The predicted octanol–water partition coefficient (Wildman–Crippen LogP) is 3.68. The molecule has 0 saturated heterocycles. The Hall–Kier alpha value is -0.820. The van der Waals surface area contributed by atoms with Gasteiger partial charge in [-0.15, -0.1) is 0 Å². The molecule has 0 amide bonds. The van der Waals surface area contributed by atoms with Gasteiger partial charge in [0.15, 0.2) is 0 Å². The predicted molar refractivity (Wildman–Crippen MR) is 69.7 cm³/mol. The molecule has 0 atom stereocenters.